The van der Waals surface area contributed by atoms with E-state index in [1.54, 1.807) is 7.11 Å². The lowest BCUT2D eigenvalue weighted by atomic mass is 9.77. The number of carbonyl (C=O) groups excluding carboxylic acids is 1. The van der Waals surface area contributed by atoms with Gasteiger partial charge in [0.25, 0.3) is 0 Å². The molecule has 1 unspecified atom stereocenters. The second-order valence-electron chi connectivity index (χ2n) is 5.85. The Bertz CT molecular complexity index is 263. The van der Waals surface area contributed by atoms with Crippen LogP contribution in [0, 0.1) is 11.3 Å². The Labute approximate surface area is 116 Å². The SMILES string of the molecule is COCC(Cl)CNC(=O)C1(CC(C)C)CCCC1. The van der Waals surface area contributed by atoms with Crippen LogP contribution in [0.2, 0.25) is 0 Å². The maximum absolute atomic E-state index is 12.4. The van der Waals surface area contributed by atoms with Crippen molar-refractivity contribution in [3.05, 3.63) is 0 Å². The van der Waals surface area contributed by atoms with Gasteiger partial charge in [0, 0.05) is 19.1 Å². The van der Waals surface area contributed by atoms with Gasteiger partial charge in [-0.2, -0.15) is 0 Å². The molecule has 1 amide bonds. The van der Waals surface area contributed by atoms with Gasteiger partial charge in [-0.25, -0.2) is 0 Å². The van der Waals surface area contributed by atoms with Gasteiger partial charge >= 0.3 is 0 Å². The molecule has 1 aliphatic rings. The van der Waals surface area contributed by atoms with Crippen LogP contribution in [0.4, 0.5) is 0 Å². The second kappa shape index (κ2) is 7.34. The Balaban J connectivity index is 2.50. The van der Waals surface area contributed by atoms with Crippen molar-refractivity contribution >= 4 is 17.5 Å². The summed E-state index contributed by atoms with van der Waals surface area (Å²) in [5, 5.41) is 2.86. The van der Waals surface area contributed by atoms with Crippen molar-refractivity contribution in [3.63, 3.8) is 0 Å². The van der Waals surface area contributed by atoms with Crippen LogP contribution < -0.4 is 5.32 Å². The minimum absolute atomic E-state index is 0.141. The number of hydrogen-bond acceptors (Lipinski definition) is 2. The Morgan fingerprint density at radius 1 is 1.39 bits per heavy atom. The summed E-state index contributed by atoms with van der Waals surface area (Å²) < 4.78 is 4.97. The van der Waals surface area contributed by atoms with Crippen molar-refractivity contribution in [2.45, 2.75) is 51.3 Å². The van der Waals surface area contributed by atoms with E-state index in [1.165, 1.54) is 12.8 Å². The van der Waals surface area contributed by atoms with E-state index in [0.29, 0.717) is 19.1 Å². The molecular weight excluding hydrogens is 250 g/mol. The lowest BCUT2D eigenvalue weighted by molar-refractivity contribution is -0.131. The van der Waals surface area contributed by atoms with Gasteiger partial charge in [0.1, 0.15) is 0 Å². The maximum atomic E-state index is 12.4. The van der Waals surface area contributed by atoms with E-state index in [1.807, 2.05) is 0 Å². The van der Waals surface area contributed by atoms with Crippen LogP contribution in [-0.2, 0) is 9.53 Å². The summed E-state index contributed by atoms with van der Waals surface area (Å²) in [5.74, 6) is 0.745. The fraction of sp³-hybridized carbons (Fsp3) is 0.929. The lowest BCUT2D eigenvalue weighted by Gasteiger charge is -2.29. The molecule has 4 heteroatoms. The topological polar surface area (TPSA) is 38.3 Å². The molecule has 1 N–H and O–H groups in total. The molecule has 0 saturated heterocycles. The number of amides is 1. The molecule has 0 aliphatic heterocycles. The zero-order chi connectivity index (χ0) is 13.6. The fourth-order valence-corrected chi connectivity index (χ4v) is 3.19. The van der Waals surface area contributed by atoms with Gasteiger partial charge in [0.2, 0.25) is 5.91 Å². The average Bonchev–Trinajstić information content (AvgIpc) is 2.75. The third-order valence-electron chi connectivity index (χ3n) is 3.67. The zero-order valence-electron chi connectivity index (χ0n) is 11.8. The van der Waals surface area contributed by atoms with E-state index in [-0.39, 0.29) is 16.7 Å². The molecule has 0 heterocycles. The van der Waals surface area contributed by atoms with Crippen LogP contribution in [0.3, 0.4) is 0 Å². The average molecular weight is 276 g/mol. The van der Waals surface area contributed by atoms with Gasteiger partial charge < -0.3 is 10.1 Å². The number of nitrogens with one attached hydrogen (secondary N) is 1. The Morgan fingerprint density at radius 2 is 2.00 bits per heavy atom. The van der Waals surface area contributed by atoms with Gasteiger partial charge in [0.15, 0.2) is 0 Å². The highest BCUT2D eigenvalue weighted by molar-refractivity contribution is 6.21. The normalized spacial score (nSPS) is 20.1. The third-order valence-corrected chi connectivity index (χ3v) is 3.95. The van der Waals surface area contributed by atoms with Crippen molar-refractivity contribution in [3.8, 4) is 0 Å². The quantitative estimate of drug-likeness (QED) is 0.726. The minimum Gasteiger partial charge on any atom is -0.383 e. The second-order valence-corrected chi connectivity index (χ2v) is 6.47. The number of alkyl halides is 1. The monoisotopic (exact) mass is 275 g/mol. The fourth-order valence-electron chi connectivity index (χ4n) is 2.99. The molecule has 1 saturated carbocycles. The molecule has 1 rings (SSSR count). The van der Waals surface area contributed by atoms with E-state index < -0.39 is 0 Å². The van der Waals surface area contributed by atoms with Crippen molar-refractivity contribution in [2.24, 2.45) is 11.3 Å². The van der Waals surface area contributed by atoms with Crippen LogP contribution in [0.25, 0.3) is 0 Å². The highest BCUT2D eigenvalue weighted by Gasteiger charge is 2.41. The molecule has 106 valence electrons. The van der Waals surface area contributed by atoms with Gasteiger partial charge in [-0.3, -0.25) is 4.79 Å². The molecule has 0 aromatic carbocycles. The summed E-state index contributed by atoms with van der Waals surface area (Å²) in [5.41, 5.74) is -0.141. The number of carbonyl (C=O) groups is 1. The molecule has 3 nitrogen and oxygen atoms in total. The largest absolute Gasteiger partial charge is 0.383 e. The summed E-state index contributed by atoms with van der Waals surface area (Å²) in [4.78, 5) is 12.4. The molecule has 0 spiro atoms. The molecule has 0 bridgehead atoms. The first-order valence-corrected chi connectivity index (χ1v) is 7.35. The van der Waals surface area contributed by atoms with Crippen LogP contribution in [0.15, 0.2) is 0 Å². The Kier molecular flexibility index (Phi) is 6.44. The first-order chi connectivity index (χ1) is 8.50. The first-order valence-electron chi connectivity index (χ1n) is 6.91. The molecule has 0 aromatic heterocycles. The summed E-state index contributed by atoms with van der Waals surface area (Å²) in [6.45, 7) is 5.33. The van der Waals surface area contributed by atoms with Crippen molar-refractivity contribution in [1.82, 2.24) is 5.32 Å². The van der Waals surface area contributed by atoms with Crippen LogP contribution in [-0.4, -0.2) is 31.5 Å². The molecule has 1 atom stereocenters. The molecule has 1 fully saturated rings. The standard InChI is InChI=1S/C14H26ClNO2/c1-11(2)8-14(6-4-5-7-14)13(17)16-9-12(15)10-18-3/h11-12H,4-10H2,1-3H3,(H,16,17). The number of halogens is 1. The minimum atomic E-state index is -0.142. The predicted molar refractivity (Wildman–Crippen MR) is 74.9 cm³/mol. The number of ether oxygens (including phenoxy) is 1. The van der Waals surface area contributed by atoms with Crippen LogP contribution in [0.5, 0.6) is 0 Å². The van der Waals surface area contributed by atoms with Crippen LogP contribution in [0.1, 0.15) is 46.0 Å². The Morgan fingerprint density at radius 3 is 2.50 bits per heavy atom. The zero-order valence-corrected chi connectivity index (χ0v) is 12.6. The van der Waals surface area contributed by atoms with Crippen LogP contribution >= 0.6 is 11.6 Å². The number of methoxy groups -OCH3 is 1. The summed E-state index contributed by atoms with van der Waals surface area (Å²) in [6, 6.07) is 0. The Hall–Kier alpha value is -0.280. The molecular formula is C14H26ClNO2. The number of hydrogen-bond donors (Lipinski definition) is 1. The number of rotatable bonds is 7. The summed E-state index contributed by atoms with van der Waals surface area (Å²) in [6.07, 6.45) is 5.36. The molecule has 0 aromatic rings. The summed E-state index contributed by atoms with van der Waals surface area (Å²) in [7, 11) is 1.62. The highest BCUT2D eigenvalue weighted by Crippen LogP contribution is 2.43. The van der Waals surface area contributed by atoms with E-state index >= 15 is 0 Å². The van der Waals surface area contributed by atoms with Gasteiger partial charge in [-0.15, -0.1) is 11.6 Å². The smallest absolute Gasteiger partial charge is 0.226 e. The maximum Gasteiger partial charge on any atom is 0.226 e. The van der Waals surface area contributed by atoms with E-state index in [4.69, 9.17) is 16.3 Å². The van der Waals surface area contributed by atoms with Gasteiger partial charge in [-0.1, -0.05) is 26.7 Å². The van der Waals surface area contributed by atoms with E-state index in [2.05, 4.69) is 19.2 Å². The molecule has 1 aliphatic carbocycles. The summed E-state index contributed by atoms with van der Waals surface area (Å²) >= 11 is 6.04. The highest BCUT2D eigenvalue weighted by atomic mass is 35.5. The van der Waals surface area contributed by atoms with E-state index in [0.717, 1.165) is 19.3 Å². The molecule has 18 heavy (non-hydrogen) atoms. The predicted octanol–water partition coefficient (Wildman–Crippen LogP) is 2.96. The van der Waals surface area contributed by atoms with Crippen molar-refractivity contribution < 1.29 is 9.53 Å². The first kappa shape index (κ1) is 15.8. The van der Waals surface area contributed by atoms with Crippen molar-refractivity contribution in [1.29, 1.82) is 0 Å². The van der Waals surface area contributed by atoms with Gasteiger partial charge in [0.05, 0.1) is 12.0 Å². The third kappa shape index (κ3) is 4.43. The van der Waals surface area contributed by atoms with E-state index in [9.17, 15) is 4.79 Å². The van der Waals surface area contributed by atoms with Gasteiger partial charge in [-0.05, 0) is 25.2 Å². The van der Waals surface area contributed by atoms with Crippen molar-refractivity contribution in [2.75, 3.05) is 20.3 Å². The molecule has 0 radical (unpaired) electrons. The lowest BCUT2D eigenvalue weighted by Crippen LogP contribution is -2.42.